The van der Waals surface area contributed by atoms with Gasteiger partial charge in [0, 0.05) is 25.2 Å². The van der Waals surface area contributed by atoms with Crippen LogP contribution in [-0.2, 0) is 23.6 Å². The molecule has 0 amide bonds. The molecule has 0 N–H and O–H groups in total. The number of rotatable bonds is 4. The fourth-order valence-corrected chi connectivity index (χ4v) is 2.14. The molecule has 21 heavy (non-hydrogen) atoms. The summed E-state index contributed by atoms with van der Waals surface area (Å²) in [5.74, 6) is -0.297. The van der Waals surface area contributed by atoms with Gasteiger partial charge in [-0.2, -0.15) is 5.10 Å². The van der Waals surface area contributed by atoms with Gasteiger partial charge in [0.1, 0.15) is 6.42 Å². The Morgan fingerprint density at radius 1 is 1.29 bits per heavy atom. The van der Waals surface area contributed by atoms with Gasteiger partial charge in [-0.05, 0) is 12.2 Å². The van der Waals surface area contributed by atoms with E-state index in [9.17, 15) is 9.59 Å². The third-order valence-electron chi connectivity index (χ3n) is 3.13. The third-order valence-corrected chi connectivity index (χ3v) is 3.67. The van der Waals surface area contributed by atoms with E-state index in [4.69, 9.17) is 12.2 Å². The van der Waals surface area contributed by atoms with Crippen LogP contribution in [0.1, 0.15) is 16.8 Å². The molecule has 1 aromatic heterocycles. The van der Waals surface area contributed by atoms with Gasteiger partial charge in [0.15, 0.2) is 16.4 Å². The van der Waals surface area contributed by atoms with Crippen molar-refractivity contribution in [3.63, 3.8) is 0 Å². The largest absolute Gasteiger partial charge is 0.469 e. The molecular weight excluding hydrogens is 290 g/mol. The normalized spacial score (nSPS) is 10.4. The zero-order valence-electron chi connectivity index (χ0n) is 12.0. The van der Waals surface area contributed by atoms with Gasteiger partial charge in [-0.3, -0.25) is 9.59 Å². The Balaban J connectivity index is 2.51. The zero-order chi connectivity index (χ0) is 15.6. The fraction of sp³-hybridized carbons (Fsp3) is 0.286. The van der Waals surface area contributed by atoms with E-state index in [0.717, 1.165) is 0 Å². The lowest BCUT2D eigenvalue weighted by Gasteiger charge is -2.07. The Labute approximate surface area is 127 Å². The predicted molar refractivity (Wildman–Crippen MR) is 79.4 cm³/mol. The molecule has 0 radical (unpaired) electrons. The molecule has 2 rings (SSSR count). The molecule has 1 aromatic carbocycles. The minimum atomic E-state index is -0.566. The number of aryl methyl sites for hydroxylation is 1. The number of hydrogen-bond donors (Lipinski definition) is 0. The van der Waals surface area contributed by atoms with E-state index >= 15 is 0 Å². The first-order valence-corrected chi connectivity index (χ1v) is 6.66. The molecule has 110 valence electrons. The molecule has 0 bridgehead atoms. The van der Waals surface area contributed by atoms with Gasteiger partial charge in [0.2, 0.25) is 0 Å². The second-order valence-electron chi connectivity index (χ2n) is 4.51. The maximum absolute atomic E-state index is 12.2. The molecule has 2 aromatic rings. The summed E-state index contributed by atoms with van der Waals surface area (Å²) in [4.78, 5) is 23.5. The van der Waals surface area contributed by atoms with Crippen LogP contribution in [0, 0.1) is 4.77 Å². The van der Waals surface area contributed by atoms with Crippen LogP contribution >= 0.6 is 12.2 Å². The van der Waals surface area contributed by atoms with Crippen molar-refractivity contribution in [3.8, 4) is 11.4 Å². The molecule has 0 aliphatic carbocycles. The number of aromatic nitrogens is 3. The number of esters is 1. The maximum Gasteiger partial charge on any atom is 0.313 e. The number of Topliss-reactive ketones (excluding diaryl/α,β-unsaturated/α-hetero) is 1. The number of ether oxygens (including phenoxy) is 1. The average Bonchev–Trinajstić information content (AvgIpc) is 2.74. The molecule has 0 saturated carbocycles. The van der Waals surface area contributed by atoms with Gasteiger partial charge in [0.25, 0.3) is 0 Å². The standard InChI is InChI=1S/C14H15N3O3S/c1-16-13(15-17(2)14(16)21)10-7-5-4-6-9(10)11(18)8-12(19)20-3/h4-7H,8H2,1-3H3. The first-order valence-electron chi connectivity index (χ1n) is 6.25. The van der Waals surface area contributed by atoms with Gasteiger partial charge in [0.05, 0.1) is 7.11 Å². The highest BCUT2D eigenvalue weighted by Gasteiger charge is 2.19. The van der Waals surface area contributed by atoms with Crippen molar-refractivity contribution in [1.29, 1.82) is 0 Å². The van der Waals surface area contributed by atoms with Crippen molar-refractivity contribution in [3.05, 3.63) is 34.6 Å². The van der Waals surface area contributed by atoms with Crippen LogP contribution in [0.25, 0.3) is 11.4 Å². The SMILES string of the molecule is COC(=O)CC(=O)c1ccccc1-c1nn(C)c(=S)n1C. The molecule has 0 aliphatic heterocycles. The van der Waals surface area contributed by atoms with Gasteiger partial charge in [-0.25, -0.2) is 4.68 Å². The average molecular weight is 305 g/mol. The van der Waals surface area contributed by atoms with E-state index < -0.39 is 5.97 Å². The highest BCUT2D eigenvalue weighted by molar-refractivity contribution is 7.71. The molecule has 0 aliphatic rings. The lowest BCUT2D eigenvalue weighted by atomic mass is 10.0. The van der Waals surface area contributed by atoms with Gasteiger partial charge < -0.3 is 9.30 Å². The molecular formula is C14H15N3O3S. The van der Waals surface area contributed by atoms with Crippen molar-refractivity contribution >= 4 is 24.0 Å². The van der Waals surface area contributed by atoms with E-state index in [1.165, 1.54) is 7.11 Å². The summed E-state index contributed by atoms with van der Waals surface area (Å²) in [6, 6.07) is 6.99. The molecule has 1 heterocycles. The summed E-state index contributed by atoms with van der Waals surface area (Å²) in [7, 11) is 4.78. The van der Waals surface area contributed by atoms with Crippen LogP contribution in [0.2, 0.25) is 0 Å². The predicted octanol–water partition coefficient (Wildman–Crippen LogP) is 1.90. The Bertz CT molecular complexity index is 761. The summed E-state index contributed by atoms with van der Waals surface area (Å²) < 4.78 is 8.36. The van der Waals surface area contributed by atoms with Crippen molar-refractivity contribution in [2.75, 3.05) is 7.11 Å². The maximum atomic E-state index is 12.2. The zero-order valence-corrected chi connectivity index (χ0v) is 12.8. The van der Waals surface area contributed by atoms with Crippen LogP contribution in [0.5, 0.6) is 0 Å². The van der Waals surface area contributed by atoms with Crippen LogP contribution in [0.4, 0.5) is 0 Å². The first kappa shape index (κ1) is 15.1. The molecule has 7 heteroatoms. The summed E-state index contributed by atoms with van der Waals surface area (Å²) in [5, 5.41) is 4.33. The summed E-state index contributed by atoms with van der Waals surface area (Å²) in [5.41, 5.74) is 1.06. The van der Waals surface area contributed by atoms with Crippen LogP contribution in [0.15, 0.2) is 24.3 Å². The van der Waals surface area contributed by atoms with E-state index in [1.54, 1.807) is 41.5 Å². The molecule has 0 fully saturated rings. The Kier molecular flexibility index (Phi) is 4.32. The Morgan fingerprint density at radius 3 is 2.52 bits per heavy atom. The number of hydrogen-bond acceptors (Lipinski definition) is 5. The van der Waals surface area contributed by atoms with Crippen molar-refractivity contribution in [2.24, 2.45) is 14.1 Å². The Hall–Kier alpha value is -2.28. The van der Waals surface area contributed by atoms with Crippen molar-refractivity contribution in [1.82, 2.24) is 14.3 Å². The molecule has 0 spiro atoms. The molecule has 0 unspecified atom stereocenters. The minimum Gasteiger partial charge on any atom is -0.469 e. The second kappa shape index (κ2) is 6.01. The lowest BCUT2D eigenvalue weighted by Crippen LogP contribution is -2.11. The van der Waals surface area contributed by atoms with E-state index in [1.807, 2.05) is 6.07 Å². The third kappa shape index (κ3) is 2.92. The number of methoxy groups -OCH3 is 1. The van der Waals surface area contributed by atoms with Crippen molar-refractivity contribution < 1.29 is 14.3 Å². The Morgan fingerprint density at radius 2 is 1.95 bits per heavy atom. The van der Waals surface area contributed by atoms with Gasteiger partial charge in [-0.1, -0.05) is 24.3 Å². The summed E-state index contributed by atoms with van der Waals surface area (Å²) in [6.07, 6.45) is -0.301. The lowest BCUT2D eigenvalue weighted by molar-refractivity contribution is -0.139. The number of carbonyl (C=O) groups excluding carboxylic acids is 2. The summed E-state index contributed by atoms with van der Waals surface area (Å²) >= 11 is 5.22. The monoisotopic (exact) mass is 305 g/mol. The van der Waals surface area contributed by atoms with Crippen LogP contribution < -0.4 is 0 Å². The molecule has 6 nitrogen and oxygen atoms in total. The number of ketones is 1. The number of benzene rings is 1. The van der Waals surface area contributed by atoms with Gasteiger partial charge in [-0.15, -0.1) is 0 Å². The summed E-state index contributed by atoms with van der Waals surface area (Å²) in [6.45, 7) is 0. The number of carbonyl (C=O) groups is 2. The van der Waals surface area contributed by atoms with E-state index in [2.05, 4.69) is 9.84 Å². The second-order valence-corrected chi connectivity index (χ2v) is 4.88. The molecule has 0 atom stereocenters. The topological polar surface area (TPSA) is 66.1 Å². The molecule has 0 saturated heterocycles. The quantitative estimate of drug-likeness (QED) is 0.373. The van der Waals surface area contributed by atoms with Gasteiger partial charge >= 0.3 is 5.97 Å². The van der Waals surface area contributed by atoms with E-state index in [-0.39, 0.29) is 12.2 Å². The highest BCUT2D eigenvalue weighted by atomic mass is 32.1. The van der Waals surface area contributed by atoms with Crippen molar-refractivity contribution in [2.45, 2.75) is 6.42 Å². The minimum absolute atomic E-state index is 0.301. The fourth-order valence-electron chi connectivity index (χ4n) is 2.01. The smallest absolute Gasteiger partial charge is 0.313 e. The van der Waals surface area contributed by atoms with Crippen LogP contribution in [-0.4, -0.2) is 33.2 Å². The first-order chi connectivity index (χ1) is 9.95. The number of nitrogens with zero attached hydrogens (tertiary/aromatic N) is 3. The van der Waals surface area contributed by atoms with Crippen LogP contribution in [0.3, 0.4) is 0 Å². The highest BCUT2D eigenvalue weighted by Crippen LogP contribution is 2.23. The van der Waals surface area contributed by atoms with E-state index in [0.29, 0.717) is 21.7 Å².